The maximum atomic E-state index is 11.2. The molecule has 0 radical (unpaired) electrons. The Morgan fingerprint density at radius 1 is 1.56 bits per heavy atom. The molecule has 4 heterocycles. The number of hydrogen-bond donors (Lipinski definition) is 2. The average molecular weight is 343 g/mol. The molecule has 5 nitrogen and oxygen atoms in total. The molecule has 3 aliphatic rings. The summed E-state index contributed by atoms with van der Waals surface area (Å²) in [6.07, 6.45) is 2.08. The smallest absolute Gasteiger partial charge is 0.119 e. The predicted octanol–water partition coefficient (Wildman–Crippen LogP) is 2.29. The van der Waals surface area contributed by atoms with Gasteiger partial charge in [-0.2, -0.15) is 0 Å². The van der Waals surface area contributed by atoms with Crippen LogP contribution in [0, 0.1) is 5.92 Å². The molecular formula is C20H24N2O3. The average Bonchev–Trinajstić information content (AvgIpc) is 2.72. The second kappa shape index (κ2) is 6.09. The number of nitrogens with zero attached hydrogens (tertiary/aromatic N) is 2. The van der Waals surface area contributed by atoms with E-state index in [1.54, 1.807) is 13.3 Å². The number of aliphatic hydroxyl groups excluding tert-OH is 1. The first-order valence-electron chi connectivity index (χ1n) is 10.1. The highest BCUT2D eigenvalue weighted by Gasteiger charge is 2.49. The van der Waals surface area contributed by atoms with Crippen LogP contribution in [0.2, 0.25) is 0 Å². The largest absolute Gasteiger partial charge is 0.497 e. The summed E-state index contributed by atoms with van der Waals surface area (Å²) in [4.78, 5) is 6.35. The summed E-state index contributed by atoms with van der Waals surface area (Å²) in [5, 5.41) is 23.0. The third kappa shape index (κ3) is 2.63. The van der Waals surface area contributed by atoms with Crippen molar-refractivity contribution >= 4 is 10.9 Å². The van der Waals surface area contributed by atoms with Crippen molar-refractivity contribution in [2.45, 2.75) is 30.6 Å². The quantitative estimate of drug-likeness (QED) is 0.834. The topological polar surface area (TPSA) is 65.8 Å². The molecule has 132 valence electrons. The molecule has 0 aliphatic carbocycles. The fourth-order valence-corrected chi connectivity index (χ4v) is 4.32. The summed E-state index contributed by atoms with van der Waals surface area (Å²) in [6, 6.07) is 6.82. The number of fused-ring (bicyclic) bond motifs is 4. The number of hydrogen-bond acceptors (Lipinski definition) is 5. The van der Waals surface area contributed by atoms with Crippen molar-refractivity contribution in [2.24, 2.45) is 5.92 Å². The van der Waals surface area contributed by atoms with Gasteiger partial charge in [-0.3, -0.25) is 9.88 Å². The molecule has 3 aliphatic heterocycles. The van der Waals surface area contributed by atoms with Gasteiger partial charge in [0.1, 0.15) is 5.75 Å². The van der Waals surface area contributed by atoms with E-state index in [0.717, 1.165) is 16.5 Å². The third-order valence-corrected chi connectivity index (χ3v) is 5.76. The molecule has 0 amide bonds. The third-order valence-electron chi connectivity index (χ3n) is 5.76. The Labute approximate surface area is 151 Å². The lowest BCUT2D eigenvalue weighted by atomic mass is 9.71. The number of ether oxygens (including phenoxy) is 1. The van der Waals surface area contributed by atoms with E-state index in [2.05, 4.69) is 4.98 Å². The standard InChI is InChI=1S/C20H24N2O3/c1-3-20(24)12-22-9-7-13(20)10-18(22)19(23)15-6-8-21-17-5-4-14(25-2)11-16(15)17/h3-6,8,11,13,18-19,23-24H,1,7,9-10,12H2,2H3/t13?,18-,19+,20-/m1/s1/i1D2,3D. The molecule has 5 heteroatoms. The highest BCUT2D eigenvalue weighted by molar-refractivity contribution is 5.83. The van der Waals surface area contributed by atoms with Gasteiger partial charge >= 0.3 is 0 Å². The Hall–Kier alpha value is -1.95. The molecule has 2 unspecified atom stereocenters. The Bertz CT molecular complexity index is 934. The summed E-state index contributed by atoms with van der Waals surface area (Å²) >= 11 is 0. The van der Waals surface area contributed by atoms with Crippen LogP contribution < -0.4 is 4.74 Å². The first kappa shape index (κ1) is 13.3. The van der Waals surface area contributed by atoms with Crippen LogP contribution in [0.25, 0.3) is 10.9 Å². The molecule has 2 N–H and O–H groups in total. The first-order chi connectivity index (χ1) is 13.3. The molecule has 5 atom stereocenters. The predicted molar refractivity (Wildman–Crippen MR) is 96.5 cm³/mol. The van der Waals surface area contributed by atoms with E-state index < -0.39 is 18.2 Å². The van der Waals surface area contributed by atoms with E-state index in [1.807, 2.05) is 29.2 Å². The van der Waals surface area contributed by atoms with Gasteiger partial charge in [-0.1, -0.05) is 6.05 Å². The van der Waals surface area contributed by atoms with Crippen molar-refractivity contribution < 1.29 is 19.1 Å². The molecule has 2 aromatic rings. The van der Waals surface area contributed by atoms with Crippen molar-refractivity contribution in [1.82, 2.24) is 9.88 Å². The van der Waals surface area contributed by atoms with E-state index in [0.29, 0.717) is 25.1 Å². The van der Waals surface area contributed by atoms with Crippen molar-refractivity contribution in [3.8, 4) is 5.75 Å². The van der Waals surface area contributed by atoms with Gasteiger partial charge in [0.2, 0.25) is 0 Å². The van der Waals surface area contributed by atoms with Crippen LogP contribution in [-0.2, 0) is 0 Å². The lowest BCUT2D eigenvalue weighted by Crippen LogP contribution is -2.63. The summed E-state index contributed by atoms with van der Waals surface area (Å²) < 4.78 is 28.2. The minimum absolute atomic E-state index is 0.159. The lowest BCUT2D eigenvalue weighted by Gasteiger charge is -2.54. The van der Waals surface area contributed by atoms with Crippen molar-refractivity contribution in [2.75, 3.05) is 20.2 Å². The molecule has 3 saturated heterocycles. The Balaban J connectivity index is 1.67. The van der Waals surface area contributed by atoms with Crippen molar-refractivity contribution in [3.63, 3.8) is 0 Å². The number of benzene rings is 1. The summed E-state index contributed by atoms with van der Waals surface area (Å²) in [7, 11) is 1.60. The van der Waals surface area contributed by atoms with Crippen molar-refractivity contribution in [3.05, 3.63) is 48.6 Å². The molecular weight excluding hydrogens is 316 g/mol. The van der Waals surface area contributed by atoms with Gasteiger partial charge in [-0.25, -0.2) is 0 Å². The van der Waals surface area contributed by atoms with Crippen LogP contribution in [0.4, 0.5) is 0 Å². The van der Waals surface area contributed by atoms with E-state index in [-0.39, 0.29) is 24.6 Å². The van der Waals surface area contributed by atoms with E-state index in [9.17, 15) is 10.2 Å². The Morgan fingerprint density at radius 3 is 3.16 bits per heavy atom. The minimum Gasteiger partial charge on any atom is -0.497 e. The summed E-state index contributed by atoms with van der Waals surface area (Å²) in [6.45, 7) is 0.214. The normalized spacial score (nSPS) is 34.0. The molecule has 1 aromatic heterocycles. The van der Waals surface area contributed by atoms with Crippen LogP contribution in [0.15, 0.2) is 43.0 Å². The zero-order valence-electron chi connectivity index (χ0n) is 17.1. The summed E-state index contributed by atoms with van der Waals surface area (Å²) in [5.74, 6) is 0.439. The molecule has 0 spiro atoms. The second-order valence-electron chi connectivity index (χ2n) is 7.04. The molecule has 1 aromatic carbocycles. The highest BCUT2D eigenvalue weighted by Crippen LogP contribution is 2.44. The molecule has 2 bridgehead atoms. The Kier molecular flexibility index (Phi) is 3.24. The van der Waals surface area contributed by atoms with Gasteiger partial charge in [0.25, 0.3) is 0 Å². The van der Waals surface area contributed by atoms with Crippen LogP contribution >= 0.6 is 0 Å². The van der Waals surface area contributed by atoms with E-state index in [4.69, 9.17) is 8.85 Å². The molecule has 5 rings (SSSR count). The van der Waals surface area contributed by atoms with Gasteiger partial charge < -0.3 is 14.9 Å². The monoisotopic (exact) mass is 343 g/mol. The van der Waals surface area contributed by atoms with Crippen LogP contribution in [-0.4, -0.2) is 51.9 Å². The second-order valence-corrected chi connectivity index (χ2v) is 7.04. The minimum atomic E-state index is -1.49. The van der Waals surface area contributed by atoms with Crippen molar-refractivity contribution in [1.29, 1.82) is 0 Å². The van der Waals surface area contributed by atoms with Gasteiger partial charge in [-0.05, 0) is 55.1 Å². The number of piperidine rings is 3. The highest BCUT2D eigenvalue weighted by atomic mass is 16.5. The maximum absolute atomic E-state index is 11.2. The summed E-state index contributed by atoms with van der Waals surface area (Å²) in [5.41, 5.74) is 0.0409. The van der Waals surface area contributed by atoms with E-state index in [1.165, 1.54) is 0 Å². The number of rotatable bonds is 4. The van der Waals surface area contributed by atoms with Gasteiger partial charge in [-0.15, -0.1) is 6.53 Å². The fraction of sp³-hybridized carbons (Fsp3) is 0.450. The number of methoxy groups -OCH3 is 1. The zero-order chi connectivity index (χ0) is 20.1. The van der Waals surface area contributed by atoms with Gasteiger partial charge in [0, 0.05) is 24.2 Å². The van der Waals surface area contributed by atoms with Crippen LogP contribution in [0.1, 0.15) is 28.6 Å². The van der Waals surface area contributed by atoms with Gasteiger partial charge in [0.15, 0.2) is 0 Å². The molecule has 25 heavy (non-hydrogen) atoms. The van der Waals surface area contributed by atoms with E-state index >= 15 is 0 Å². The molecule has 0 saturated carbocycles. The van der Waals surface area contributed by atoms with Gasteiger partial charge in [0.05, 0.1) is 28.4 Å². The SMILES string of the molecule is [2H]C([2H])=C([2H])[C@@]1(O)CN2CCC1C[C@@H]2[C@@H](O)c1ccnc2ccc(OC)cc12. The van der Waals surface area contributed by atoms with Crippen LogP contribution in [0.5, 0.6) is 5.75 Å². The van der Waals surface area contributed by atoms with Crippen LogP contribution in [0.3, 0.4) is 0 Å². The lowest BCUT2D eigenvalue weighted by molar-refractivity contribution is -0.127. The number of aliphatic hydroxyl groups is 2. The number of aromatic nitrogens is 1. The Morgan fingerprint density at radius 2 is 2.44 bits per heavy atom. The fourth-order valence-electron chi connectivity index (χ4n) is 4.32. The first-order valence-corrected chi connectivity index (χ1v) is 8.57. The molecule has 3 fully saturated rings. The maximum Gasteiger partial charge on any atom is 0.119 e. The zero-order valence-corrected chi connectivity index (χ0v) is 14.1. The number of pyridine rings is 1.